The lowest BCUT2D eigenvalue weighted by Gasteiger charge is -2.32. The number of ketones is 1. The molecule has 3 aromatic rings. The van der Waals surface area contributed by atoms with Crippen molar-refractivity contribution in [2.45, 2.75) is 52.7 Å². The van der Waals surface area contributed by atoms with Gasteiger partial charge in [-0.1, -0.05) is 87.0 Å². The molecule has 2 aliphatic rings. The highest BCUT2D eigenvalue weighted by Crippen LogP contribution is 2.33. The van der Waals surface area contributed by atoms with Crippen LogP contribution >= 0.6 is 0 Å². The first-order valence-corrected chi connectivity index (χ1v) is 16.8. The van der Waals surface area contributed by atoms with Gasteiger partial charge in [0.25, 0.3) is 0 Å². The molecule has 1 saturated heterocycles. The van der Waals surface area contributed by atoms with Crippen molar-refractivity contribution in [2.24, 2.45) is 5.92 Å². The average molecular weight is 655 g/mol. The maximum Gasteiger partial charge on any atom is 0.242 e. The van der Waals surface area contributed by atoms with Crippen LogP contribution in [-0.4, -0.2) is 89.2 Å². The Kier molecular flexibility index (Phi) is 12.2. The number of hydrogen-bond acceptors (Lipinski definition) is 7. The number of carbonyl (C=O) groups is 4. The summed E-state index contributed by atoms with van der Waals surface area (Å²) < 4.78 is 11.0. The largest absolute Gasteiger partial charge is 0.454 e. The molecule has 10 heteroatoms. The Balaban J connectivity index is 1.37. The Bertz CT molecular complexity index is 1540. The zero-order chi connectivity index (χ0) is 33.9. The molecule has 254 valence electrons. The number of amides is 3. The van der Waals surface area contributed by atoms with Gasteiger partial charge in [0.05, 0.1) is 13.1 Å². The molecule has 0 spiro atoms. The maximum absolute atomic E-state index is 14.2. The monoisotopic (exact) mass is 654 g/mol. The van der Waals surface area contributed by atoms with E-state index in [9.17, 15) is 19.2 Å². The molecule has 5 rings (SSSR count). The second-order valence-corrected chi connectivity index (χ2v) is 12.9. The van der Waals surface area contributed by atoms with E-state index in [4.69, 9.17) is 9.47 Å². The van der Waals surface area contributed by atoms with Crippen LogP contribution in [0.25, 0.3) is 0 Å². The molecule has 0 unspecified atom stereocenters. The van der Waals surface area contributed by atoms with Crippen LogP contribution < -0.4 is 9.47 Å². The van der Waals surface area contributed by atoms with E-state index >= 15 is 0 Å². The lowest BCUT2D eigenvalue weighted by Crippen LogP contribution is -2.49. The minimum absolute atomic E-state index is 0.0811. The Hall–Kier alpha value is -4.70. The predicted molar refractivity (Wildman–Crippen MR) is 182 cm³/mol. The number of rotatable bonds is 15. The van der Waals surface area contributed by atoms with Crippen LogP contribution in [0.2, 0.25) is 0 Å². The standard InChI is InChI=1S/C38H46N4O6/c1-29(2)33(43)24-40(23-32-16-17-34-35(20-32)48-28-47-34)37(45)26-42(22-31-14-8-4-9-15-31)38(46)27-41(21-30-12-6-3-7-13-30)36(44)25-39-18-10-5-11-19-39/h3-4,6-9,12-17,20,29H,5,10-11,18-19,21-28H2,1-2H3. The summed E-state index contributed by atoms with van der Waals surface area (Å²) in [5.74, 6) is 0.0487. The summed E-state index contributed by atoms with van der Waals surface area (Å²) in [5, 5.41) is 0. The molecule has 0 atom stereocenters. The van der Waals surface area contributed by atoms with Gasteiger partial charge in [-0.05, 0) is 54.8 Å². The normalized spacial score (nSPS) is 14.1. The second-order valence-electron chi connectivity index (χ2n) is 12.9. The highest BCUT2D eigenvalue weighted by Gasteiger charge is 2.28. The number of carbonyl (C=O) groups excluding carboxylic acids is 4. The van der Waals surface area contributed by atoms with Gasteiger partial charge >= 0.3 is 0 Å². The van der Waals surface area contributed by atoms with Crippen LogP contribution in [0.3, 0.4) is 0 Å². The van der Waals surface area contributed by atoms with Gasteiger partial charge in [-0.2, -0.15) is 0 Å². The van der Waals surface area contributed by atoms with Crippen LogP contribution in [0.1, 0.15) is 49.8 Å². The SMILES string of the molecule is CC(C)C(=O)CN(Cc1ccc2c(c1)OCO2)C(=O)CN(Cc1ccccc1)C(=O)CN(Cc1ccccc1)C(=O)CN1CCCCC1. The van der Waals surface area contributed by atoms with E-state index in [-0.39, 0.29) is 82.0 Å². The van der Waals surface area contributed by atoms with E-state index in [2.05, 4.69) is 4.90 Å². The summed E-state index contributed by atoms with van der Waals surface area (Å²) in [6, 6.07) is 24.5. The van der Waals surface area contributed by atoms with Gasteiger partial charge in [0.1, 0.15) is 13.1 Å². The van der Waals surface area contributed by atoms with Crippen LogP contribution in [0.4, 0.5) is 0 Å². The third kappa shape index (κ3) is 9.90. The number of piperidine rings is 1. The summed E-state index contributed by atoms with van der Waals surface area (Å²) in [5.41, 5.74) is 2.56. The number of Topliss-reactive ketones (excluding diaryl/α,β-unsaturated/α-hetero) is 1. The van der Waals surface area contributed by atoms with E-state index in [0.717, 1.165) is 49.0 Å². The Morgan fingerprint density at radius 2 is 1.15 bits per heavy atom. The molecule has 0 radical (unpaired) electrons. The fourth-order valence-electron chi connectivity index (χ4n) is 5.87. The minimum atomic E-state index is -0.361. The number of benzene rings is 3. The smallest absolute Gasteiger partial charge is 0.242 e. The van der Waals surface area contributed by atoms with Crippen molar-refractivity contribution >= 4 is 23.5 Å². The third-order valence-electron chi connectivity index (χ3n) is 8.75. The molecule has 0 bridgehead atoms. The molecule has 48 heavy (non-hydrogen) atoms. The van der Waals surface area contributed by atoms with Crippen LogP contribution in [0, 0.1) is 5.92 Å². The first-order valence-electron chi connectivity index (χ1n) is 16.8. The second kappa shape index (κ2) is 16.9. The van der Waals surface area contributed by atoms with Gasteiger partial charge in [-0.3, -0.25) is 24.1 Å². The highest BCUT2D eigenvalue weighted by atomic mass is 16.7. The lowest BCUT2D eigenvalue weighted by molar-refractivity contribution is -0.146. The minimum Gasteiger partial charge on any atom is -0.454 e. The molecule has 0 N–H and O–H groups in total. The summed E-state index contributed by atoms with van der Waals surface area (Å²) in [6.07, 6.45) is 3.27. The molecule has 1 fully saturated rings. The number of fused-ring (bicyclic) bond motifs is 1. The fourth-order valence-corrected chi connectivity index (χ4v) is 5.87. The Morgan fingerprint density at radius 1 is 0.625 bits per heavy atom. The van der Waals surface area contributed by atoms with Crippen molar-refractivity contribution < 1.29 is 28.7 Å². The third-order valence-corrected chi connectivity index (χ3v) is 8.75. The quantitative estimate of drug-likeness (QED) is 0.238. The molecule has 0 aromatic heterocycles. The number of hydrogen-bond donors (Lipinski definition) is 0. The van der Waals surface area contributed by atoms with Gasteiger partial charge in [-0.25, -0.2) is 0 Å². The average Bonchev–Trinajstić information content (AvgIpc) is 3.56. The van der Waals surface area contributed by atoms with Crippen molar-refractivity contribution in [3.63, 3.8) is 0 Å². The van der Waals surface area contributed by atoms with Crippen molar-refractivity contribution in [1.29, 1.82) is 0 Å². The first kappa shape index (κ1) is 34.6. The zero-order valence-corrected chi connectivity index (χ0v) is 28.0. The van der Waals surface area contributed by atoms with Gasteiger partial charge in [-0.15, -0.1) is 0 Å². The highest BCUT2D eigenvalue weighted by molar-refractivity contribution is 5.91. The van der Waals surface area contributed by atoms with E-state index in [1.165, 1.54) is 9.80 Å². The molecule has 2 heterocycles. The topological polar surface area (TPSA) is 99.7 Å². The fraction of sp³-hybridized carbons (Fsp3) is 0.421. The molecule has 3 aromatic carbocycles. The van der Waals surface area contributed by atoms with Gasteiger partial charge < -0.3 is 24.2 Å². The maximum atomic E-state index is 14.2. The molecule has 0 saturated carbocycles. The van der Waals surface area contributed by atoms with E-state index < -0.39 is 0 Å². The molecule has 10 nitrogen and oxygen atoms in total. The van der Waals surface area contributed by atoms with E-state index in [1.807, 2.05) is 72.8 Å². The molecule has 2 aliphatic heterocycles. The molecule has 3 amide bonds. The van der Waals surface area contributed by atoms with Crippen molar-refractivity contribution in [1.82, 2.24) is 19.6 Å². The predicted octanol–water partition coefficient (Wildman–Crippen LogP) is 4.51. The number of ether oxygens (including phenoxy) is 2. The van der Waals surface area contributed by atoms with Crippen LogP contribution in [0.5, 0.6) is 11.5 Å². The summed E-state index contributed by atoms with van der Waals surface area (Å²) >= 11 is 0. The molecular weight excluding hydrogens is 608 g/mol. The summed E-state index contributed by atoms with van der Waals surface area (Å²) in [7, 11) is 0. The van der Waals surface area contributed by atoms with Crippen molar-refractivity contribution in [3.05, 3.63) is 95.6 Å². The Labute approximate surface area is 283 Å². The first-order chi connectivity index (χ1) is 23.2. The molecule has 0 aliphatic carbocycles. The number of nitrogens with zero attached hydrogens (tertiary/aromatic N) is 4. The van der Waals surface area contributed by atoms with Crippen LogP contribution in [-0.2, 0) is 38.8 Å². The number of likely N-dealkylation sites (tertiary alicyclic amines) is 1. The van der Waals surface area contributed by atoms with E-state index in [0.29, 0.717) is 11.5 Å². The van der Waals surface area contributed by atoms with E-state index in [1.54, 1.807) is 24.8 Å². The Morgan fingerprint density at radius 3 is 1.73 bits per heavy atom. The van der Waals surface area contributed by atoms with Gasteiger partial charge in [0.15, 0.2) is 17.3 Å². The van der Waals surface area contributed by atoms with Crippen molar-refractivity contribution in [2.75, 3.05) is 46.1 Å². The lowest BCUT2D eigenvalue weighted by atomic mass is 10.1. The molecular formula is C38H46N4O6. The van der Waals surface area contributed by atoms with Crippen molar-refractivity contribution in [3.8, 4) is 11.5 Å². The van der Waals surface area contributed by atoms with Gasteiger partial charge in [0.2, 0.25) is 24.5 Å². The summed E-state index contributed by atoms with van der Waals surface area (Å²) in [4.78, 5) is 61.6. The van der Waals surface area contributed by atoms with Gasteiger partial charge in [0, 0.05) is 25.6 Å². The van der Waals surface area contributed by atoms with Crippen LogP contribution in [0.15, 0.2) is 78.9 Å². The zero-order valence-electron chi connectivity index (χ0n) is 28.0. The summed E-state index contributed by atoms with van der Waals surface area (Å²) in [6.45, 7) is 5.83.